The Morgan fingerprint density at radius 2 is 1.88 bits per heavy atom. The summed E-state index contributed by atoms with van der Waals surface area (Å²) < 4.78 is 5.39. The van der Waals surface area contributed by atoms with Crippen LogP contribution in [0.2, 0.25) is 0 Å². The summed E-state index contributed by atoms with van der Waals surface area (Å²) in [6.45, 7) is 2.65. The number of aromatic nitrogens is 1. The van der Waals surface area contributed by atoms with Crippen molar-refractivity contribution in [3.8, 4) is 0 Å². The number of pyridine rings is 1. The summed E-state index contributed by atoms with van der Waals surface area (Å²) in [4.78, 5) is 19.3. The van der Waals surface area contributed by atoms with Crippen molar-refractivity contribution in [1.29, 1.82) is 0 Å². The summed E-state index contributed by atoms with van der Waals surface area (Å²) >= 11 is 0. The van der Waals surface area contributed by atoms with Crippen LogP contribution in [0.15, 0.2) is 54.7 Å². The third-order valence-corrected chi connectivity index (χ3v) is 4.32. The molecule has 2 rings (SSSR count). The van der Waals surface area contributed by atoms with Gasteiger partial charge >= 0.3 is 5.97 Å². The van der Waals surface area contributed by atoms with E-state index in [-0.39, 0.29) is 6.61 Å². The highest BCUT2D eigenvalue weighted by Crippen LogP contribution is 2.41. The van der Waals surface area contributed by atoms with Crippen molar-refractivity contribution in [1.82, 2.24) is 9.88 Å². The first kappa shape index (κ1) is 19.1. The van der Waals surface area contributed by atoms with Crippen LogP contribution >= 0.6 is 0 Å². The topological polar surface area (TPSA) is 62.7 Å². The van der Waals surface area contributed by atoms with Crippen LogP contribution in [0.3, 0.4) is 0 Å². The van der Waals surface area contributed by atoms with Gasteiger partial charge in [-0.2, -0.15) is 0 Å². The average Bonchev–Trinajstić information content (AvgIpc) is 2.63. The van der Waals surface area contributed by atoms with Crippen LogP contribution in [0.5, 0.6) is 0 Å². The van der Waals surface area contributed by atoms with Crippen molar-refractivity contribution >= 4 is 5.97 Å². The third kappa shape index (κ3) is 4.24. The quantitative estimate of drug-likeness (QED) is 0.747. The van der Waals surface area contributed by atoms with Gasteiger partial charge in [-0.15, -0.1) is 0 Å². The fourth-order valence-electron chi connectivity index (χ4n) is 2.96. The SMILES string of the molecule is CCOC(=O)C(CCN(C)C)(c1ccccc1)C(O)c1ccccn1. The van der Waals surface area contributed by atoms with E-state index in [1.807, 2.05) is 49.3 Å². The summed E-state index contributed by atoms with van der Waals surface area (Å²) in [5.74, 6) is -0.429. The first-order valence-corrected chi connectivity index (χ1v) is 8.48. The van der Waals surface area contributed by atoms with Gasteiger partial charge in [-0.05, 0) is 51.7 Å². The fourth-order valence-corrected chi connectivity index (χ4v) is 2.96. The Morgan fingerprint density at radius 3 is 2.44 bits per heavy atom. The first-order chi connectivity index (χ1) is 12.0. The molecule has 0 radical (unpaired) electrons. The summed E-state index contributed by atoms with van der Waals surface area (Å²) in [5.41, 5.74) is -0.0257. The predicted molar refractivity (Wildman–Crippen MR) is 97.1 cm³/mol. The van der Waals surface area contributed by atoms with Gasteiger partial charge in [0.05, 0.1) is 12.3 Å². The van der Waals surface area contributed by atoms with Crippen molar-refractivity contribution < 1.29 is 14.6 Å². The van der Waals surface area contributed by atoms with Gasteiger partial charge in [-0.1, -0.05) is 36.4 Å². The standard InChI is InChI=1S/C20H26N2O3/c1-4-25-19(24)20(13-15-22(2)3,16-10-6-5-7-11-16)18(23)17-12-8-9-14-21-17/h5-12,14,18,23H,4,13,15H2,1-3H3. The fraction of sp³-hybridized carbons (Fsp3) is 0.400. The lowest BCUT2D eigenvalue weighted by Gasteiger charge is -2.36. The second-order valence-corrected chi connectivity index (χ2v) is 6.27. The van der Waals surface area contributed by atoms with E-state index in [2.05, 4.69) is 4.98 Å². The number of benzene rings is 1. The van der Waals surface area contributed by atoms with Crippen molar-refractivity contribution in [2.75, 3.05) is 27.2 Å². The number of rotatable bonds is 8. The molecule has 0 amide bonds. The van der Waals surface area contributed by atoms with Gasteiger partial charge in [-0.25, -0.2) is 0 Å². The van der Waals surface area contributed by atoms with Gasteiger partial charge in [0.1, 0.15) is 11.5 Å². The molecule has 2 aromatic rings. The number of esters is 1. The van der Waals surface area contributed by atoms with E-state index in [0.29, 0.717) is 18.7 Å². The van der Waals surface area contributed by atoms with Crippen LogP contribution in [0.1, 0.15) is 30.7 Å². The lowest BCUT2D eigenvalue weighted by atomic mass is 9.71. The highest BCUT2D eigenvalue weighted by atomic mass is 16.5. The number of nitrogens with zero attached hydrogens (tertiary/aromatic N) is 2. The van der Waals surface area contributed by atoms with E-state index >= 15 is 0 Å². The number of aliphatic hydroxyl groups is 1. The van der Waals surface area contributed by atoms with Crippen molar-refractivity contribution in [3.63, 3.8) is 0 Å². The first-order valence-electron chi connectivity index (χ1n) is 8.48. The molecule has 2 atom stereocenters. The molecule has 134 valence electrons. The minimum Gasteiger partial charge on any atom is -0.465 e. The molecule has 0 saturated carbocycles. The average molecular weight is 342 g/mol. The monoisotopic (exact) mass is 342 g/mol. The molecular weight excluding hydrogens is 316 g/mol. The Morgan fingerprint density at radius 1 is 1.20 bits per heavy atom. The molecule has 0 aliphatic heterocycles. The van der Waals surface area contributed by atoms with Gasteiger partial charge in [0.25, 0.3) is 0 Å². The molecule has 1 aromatic carbocycles. The van der Waals surface area contributed by atoms with Gasteiger partial charge in [-0.3, -0.25) is 9.78 Å². The normalized spacial score (nSPS) is 14.8. The van der Waals surface area contributed by atoms with E-state index in [9.17, 15) is 9.90 Å². The minimum absolute atomic E-state index is 0.254. The zero-order valence-corrected chi connectivity index (χ0v) is 15.1. The summed E-state index contributed by atoms with van der Waals surface area (Å²) in [6.07, 6.45) is 0.932. The Hall–Kier alpha value is -2.24. The van der Waals surface area contributed by atoms with E-state index in [1.54, 1.807) is 31.3 Å². The van der Waals surface area contributed by atoms with E-state index in [0.717, 1.165) is 5.56 Å². The zero-order valence-electron chi connectivity index (χ0n) is 15.1. The maximum absolute atomic E-state index is 13.1. The molecule has 0 saturated heterocycles. The Balaban J connectivity index is 2.58. The second kappa shape index (κ2) is 8.74. The van der Waals surface area contributed by atoms with E-state index < -0.39 is 17.5 Å². The minimum atomic E-state index is -1.21. The highest BCUT2D eigenvalue weighted by molar-refractivity contribution is 5.84. The highest BCUT2D eigenvalue weighted by Gasteiger charge is 2.49. The molecule has 5 nitrogen and oxygen atoms in total. The number of carbonyl (C=O) groups is 1. The number of ether oxygens (including phenoxy) is 1. The van der Waals surface area contributed by atoms with Crippen LogP contribution in [0, 0.1) is 0 Å². The Bertz CT molecular complexity index is 661. The molecule has 0 bridgehead atoms. The second-order valence-electron chi connectivity index (χ2n) is 6.27. The number of aliphatic hydroxyl groups excluding tert-OH is 1. The third-order valence-electron chi connectivity index (χ3n) is 4.32. The van der Waals surface area contributed by atoms with Crippen LogP contribution in [0.4, 0.5) is 0 Å². The Kier molecular flexibility index (Phi) is 6.67. The van der Waals surface area contributed by atoms with E-state index in [4.69, 9.17) is 4.74 Å². The summed E-state index contributed by atoms with van der Waals surface area (Å²) in [7, 11) is 3.88. The number of hydrogen-bond donors (Lipinski definition) is 1. The maximum atomic E-state index is 13.1. The number of carbonyl (C=O) groups excluding carboxylic acids is 1. The molecule has 0 aliphatic rings. The lowest BCUT2D eigenvalue weighted by molar-refractivity contribution is -0.156. The summed E-state index contributed by atoms with van der Waals surface area (Å²) in [6, 6.07) is 14.7. The molecule has 1 aromatic heterocycles. The molecule has 5 heteroatoms. The molecule has 1 heterocycles. The zero-order chi connectivity index (χ0) is 18.3. The van der Waals surface area contributed by atoms with Crippen LogP contribution in [-0.2, 0) is 14.9 Å². The van der Waals surface area contributed by atoms with E-state index in [1.165, 1.54) is 0 Å². The molecule has 2 unspecified atom stereocenters. The van der Waals surface area contributed by atoms with Gasteiger partial charge in [0.2, 0.25) is 0 Å². The maximum Gasteiger partial charge on any atom is 0.319 e. The molecule has 0 aliphatic carbocycles. The smallest absolute Gasteiger partial charge is 0.319 e. The lowest BCUT2D eigenvalue weighted by Crippen LogP contribution is -2.45. The molecular formula is C20H26N2O3. The molecule has 1 N–H and O–H groups in total. The summed E-state index contributed by atoms with van der Waals surface area (Å²) in [5, 5.41) is 11.2. The Labute approximate surface area is 149 Å². The van der Waals surface area contributed by atoms with Gasteiger partial charge < -0.3 is 14.7 Å². The van der Waals surface area contributed by atoms with Crippen LogP contribution in [-0.4, -0.2) is 48.2 Å². The number of hydrogen-bond acceptors (Lipinski definition) is 5. The largest absolute Gasteiger partial charge is 0.465 e. The van der Waals surface area contributed by atoms with Crippen molar-refractivity contribution in [2.24, 2.45) is 0 Å². The van der Waals surface area contributed by atoms with Crippen LogP contribution in [0.25, 0.3) is 0 Å². The van der Waals surface area contributed by atoms with Crippen LogP contribution < -0.4 is 0 Å². The molecule has 0 fully saturated rings. The van der Waals surface area contributed by atoms with Crippen molar-refractivity contribution in [3.05, 3.63) is 66.0 Å². The molecule has 25 heavy (non-hydrogen) atoms. The predicted octanol–water partition coefficient (Wildman–Crippen LogP) is 2.57. The van der Waals surface area contributed by atoms with Gasteiger partial charge in [0, 0.05) is 6.20 Å². The van der Waals surface area contributed by atoms with Crippen molar-refractivity contribution in [2.45, 2.75) is 24.9 Å². The van der Waals surface area contributed by atoms with Gasteiger partial charge in [0.15, 0.2) is 0 Å². The molecule has 0 spiro atoms.